The molecule has 1 aliphatic heterocycles. The van der Waals surface area contributed by atoms with E-state index in [-0.39, 0.29) is 6.04 Å². The average Bonchev–Trinajstić information content (AvgIpc) is 2.78. The van der Waals surface area contributed by atoms with Gasteiger partial charge in [0, 0.05) is 0 Å². The molecule has 0 radical (unpaired) electrons. The molecule has 2 atom stereocenters. The molecule has 0 amide bonds. The number of carboxylic acids is 1. The van der Waals surface area contributed by atoms with Crippen molar-refractivity contribution >= 4 is 12.3 Å². The third-order valence-corrected chi connectivity index (χ3v) is 2.87. The molecule has 1 aliphatic rings. The molecular weight excluding hydrogens is 204 g/mol. The smallest absolute Gasteiger partial charge is 0.328 e. The van der Waals surface area contributed by atoms with Gasteiger partial charge < -0.3 is 10.0 Å². The predicted molar refractivity (Wildman–Crippen MR) is 61.5 cm³/mol. The summed E-state index contributed by atoms with van der Waals surface area (Å²) in [4.78, 5) is 16.8. The van der Waals surface area contributed by atoms with Crippen LogP contribution >= 0.6 is 0 Å². The largest absolute Gasteiger partial charge is 0.480 e. The minimum atomic E-state index is -0.819. The molecular formula is C12H14N2O2. The standard InChI is InChI=1S/C12H14N2O2/c1-9(10-5-3-2-4-6-10)14-8-13-7-11(14)12(15)16/h2-6,8-9,11H,7H2,1H3,(H,15,16)/t9-,11?/m1/s1. The van der Waals surface area contributed by atoms with Gasteiger partial charge in [0.25, 0.3) is 0 Å². The number of rotatable bonds is 3. The SMILES string of the molecule is C[C@H](c1ccccc1)N1C=NCC1C(=O)O. The summed E-state index contributed by atoms with van der Waals surface area (Å²) in [6.07, 6.45) is 1.64. The number of carboxylic acid groups (broad SMARTS) is 1. The highest BCUT2D eigenvalue weighted by Crippen LogP contribution is 2.23. The minimum Gasteiger partial charge on any atom is -0.480 e. The molecule has 4 heteroatoms. The fourth-order valence-electron chi connectivity index (χ4n) is 1.90. The van der Waals surface area contributed by atoms with Crippen molar-refractivity contribution in [3.05, 3.63) is 35.9 Å². The average molecular weight is 218 g/mol. The van der Waals surface area contributed by atoms with Crippen molar-refractivity contribution in [3.63, 3.8) is 0 Å². The summed E-state index contributed by atoms with van der Waals surface area (Å²) in [5.74, 6) is -0.819. The Kier molecular flexibility index (Phi) is 2.90. The number of carbonyl (C=O) groups is 1. The van der Waals surface area contributed by atoms with Gasteiger partial charge in [-0.2, -0.15) is 0 Å². The van der Waals surface area contributed by atoms with Crippen LogP contribution in [0.15, 0.2) is 35.3 Å². The lowest BCUT2D eigenvalue weighted by atomic mass is 10.1. The number of aliphatic imine (C=N–C) groups is 1. The van der Waals surface area contributed by atoms with E-state index in [1.807, 2.05) is 37.3 Å². The first-order chi connectivity index (χ1) is 7.70. The van der Waals surface area contributed by atoms with Gasteiger partial charge in [0.2, 0.25) is 0 Å². The van der Waals surface area contributed by atoms with Crippen molar-refractivity contribution in [2.75, 3.05) is 6.54 Å². The van der Waals surface area contributed by atoms with Crippen LogP contribution in [0.1, 0.15) is 18.5 Å². The summed E-state index contributed by atoms with van der Waals surface area (Å²) in [7, 11) is 0. The lowest BCUT2D eigenvalue weighted by Crippen LogP contribution is -2.39. The van der Waals surface area contributed by atoms with E-state index >= 15 is 0 Å². The zero-order chi connectivity index (χ0) is 11.5. The van der Waals surface area contributed by atoms with Gasteiger partial charge in [0.05, 0.1) is 18.9 Å². The first-order valence-corrected chi connectivity index (χ1v) is 5.25. The second-order valence-electron chi connectivity index (χ2n) is 3.87. The van der Waals surface area contributed by atoms with Crippen molar-refractivity contribution < 1.29 is 9.90 Å². The maximum absolute atomic E-state index is 11.0. The Labute approximate surface area is 94.2 Å². The molecule has 2 rings (SSSR count). The fourth-order valence-corrected chi connectivity index (χ4v) is 1.90. The van der Waals surface area contributed by atoms with Crippen LogP contribution in [0.3, 0.4) is 0 Å². The Morgan fingerprint density at radius 3 is 2.81 bits per heavy atom. The quantitative estimate of drug-likeness (QED) is 0.837. The fraction of sp³-hybridized carbons (Fsp3) is 0.333. The first-order valence-electron chi connectivity index (χ1n) is 5.25. The van der Waals surface area contributed by atoms with Crippen LogP contribution in [0.2, 0.25) is 0 Å². The third kappa shape index (κ3) is 1.91. The number of benzene rings is 1. The van der Waals surface area contributed by atoms with Crippen molar-refractivity contribution in [2.24, 2.45) is 4.99 Å². The van der Waals surface area contributed by atoms with Crippen molar-refractivity contribution in [1.82, 2.24) is 4.90 Å². The van der Waals surface area contributed by atoms with E-state index in [1.165, 1.54) is 0 Å². The van der Waals surface area contributed by atoms with Crippen LogP contribution in [0.4, 0.5) is 0 Å². The van der Waals surface area contributed by atoms with E-state index in [1.54, 1.807) is 11.2 Å². The second-order valence-corrected chi connectivity index (χ2v) is 3.87. The highest BCUT2D eigenvalue weighted by molar-refractivity contribution is 5.79. The maximum Gasteiger partial charge on any atom is 0.328 e. The molecule has 0 aliphatic carbocycles. The molecule has 1 N–H and O–H groups in total. The second kappa shape index (κ2) is 4.35. The summed E-state index contributed by atoms with van der Waals surface area (Å²) in [5.41, 5.74) is 1.10. The summed E-state index contributed by atoms with van der Waals surface area (Å²) in [6.45, 7) is 2.33. The molecule has 84 valence electrons. The van der Waals surface area contributed by atoms with Gasteiger partial charge in [-0.3, -0.25) is 4.99 Å². The molecule has 0 saturated carbocycles. The van der Waals surface area contributed by atoms with Gasteiger partial charge in [0.1, 0.15) is 6.04 Å². The summed E-state index contributed by atoms with van der Waals surface area (Å²) in [5, 5.41) is 9.06. The molecule has 1 aromatic rings. The Morgan fingerprint density at radius 1 is 1.50 bits per heavy atom. The molecule has 0 spiro atoms. The van der Waals surface area contributed by atoms with Crippen LogP contribution in [0.5, 0.6) is 0 Å². The zero-order valence-corrected chi connectivity index (χ0v) is 9.08. The Balaban J connectivity index is 2.19. The minimum absolute atomic E-state index is 0.0357. The third-order valence-electron chi connectivity index (χ3n) is 2.87. The number of aliphatic carboxylic acids is 1. The van der Waals surface area contributed by atoms with Crippen LogP contribution < -0.4 is 0 Å². The first kappa shape index (κ1) is 10.7. The van der Waals surface area contributed by atoms with Gasteiger partial charge in [0.15, 0.2) is 0 Å². The number of hydrogen-bond donors (Lipinski definition) is 1. The molecule has 16 heavy (non-hydrogen) atoms. The maximum atomic E-state index is 11.0. The summed E-state index contributed by atoms with van der Waals surface area (Å²) in [6, 6.07) is 9.35. The molecule has 0 saturated heterocycles. The normalized spacial score (nSPS) is 21.1. The number of hydrogen-bond acceptors (Lipinski definition) is 3. The van der Waals surface area contributed by atoms with E-state index < -0.39 is 12.0 Å². The molecule has 4 nitrogen and oxygen atoms in total. The Bertz CT molecular complexity index is 403. The highest BCUT2D eigenvalue weighted by Gasteiger charge is 2.30. The molecule has 0 aromatic heterocycles. The van der Waals surface area contributed by atoms with Gasteiger partial charge in [-0.25, -0.2) is 4.79 Å². The van der Waals surface area contributed by atoms with Crippen molar-refractivity contribution in [1.29, 1.82) is 0 Å². The van der Waals surface area contributed by atoms with Gasteiger partial charge in [-0.1, -0.05) is 30.3 Å². The monoisotopic (exact) mass is 218 g/mol. The molecule has 1 heterocycles. The molecule has 0 fully saturated rings. The van der Waals surface area contributed by atoms with E-state index in [4.69, 9.17) is 5.11 Å². The van der Waals surface area contributed by atoms with Crippen LogP contribution in [0, 0.1) is 0 Å². The van der Waals surface area contributed by atoms with Crippen LogP contribution in [-0.4, -0.2) is 34.9 Å². The van der Waals surface area contributed by atoms with E-state index in [0.717, 1.165) is 5.56 Å². The van der Waals surface area contributed by atoms with Crippen LogP contribution in [-0.2, 0) is 4.79 Å². The van der Waals surface area contributed by atoms with Gasteiger partial charge in [-0.15, -0.1) is 0 Å². The summed E-state index contributed by atoms with van der Waals surface area (Å²) < 4.78 is 0. The van der Waals surface area contributed by atoms with Crippen molar-refractivity contribution in [2.45, 2.75) is 19.0 Å². The lowest BCUT2D eigenvalue weighted by molar-refractivity contribution is -0.141. The zero-order valence-electron chi connectivity index (χ0n) is 9.08. The molecule has 1 aromatic carbocycles. The van der Waals surface area contributed by atoms with E-state index in [0.29, 0.717) is 6.54 Å². The highest BCUT2D eigenvalue weighted by atomic mass is 16.4. The van der Waals surface area contributed by atoms with Crippen molar-refractivity contribution in [3.8, 4) is 0 Å². The van der Waals surface area contributed by atoms with E-state index in [9.17, 15) is 4.79 Å². The van der Waals surface area contributed by atoms with Gasteiger partial charge in [-0.05, 0) is 12.5 Å². The summed E-state index contributed by atoms with van der Waals surface area (Å²) >= 11 is 0. The van der Waals surface area contributed by atoms with Gasteiger partial charge >= 0.3 is 5.97 Å². The molecule has 0 bridgehead atoms. The number of nitrogens with zero attached hydrogens (tertiary/aromatic N) is 2. The topological polar surface area (TPSA) is 52.9 Å². The Morgan fingerprint density at radius 2 is 2.19 bits per heavy atom. The predicted octanol–water partition coefficient (Wildman–Crippen LogP) is 1.54. The Hall–Kier alpha value is -1.84. The molecule has 1 unspecified atom stereocenters. The van der Waals surface area contributed by atoms with E-state index in [2.05, 4.69) is 4.99 Å². The lowest BCUT2D eigenvalue weighted by Gasteiger charge is -2.28. The van der Waals surface area contributed by atoms with Crippen LogP contribution in [0.25, 0.3) is 0 Å².